The number of ether oxygens (including phenoxy) is 1. The molecule has 1 aromatic rings. The molecule has 1 N–H and O–H groups in total. The standard InChI is InChI=1S/C14H13F3N2O3/c1-19-13(21)11(8-18)12(20)7-4-9-2-5-10(6-3-9)22-14(15,16)17/h2-3,5-6,11H,4,7H2,1H3,(H,19,21). The lowest BCUT2D eigenvalue weighted by atomic mass is 9.98. The number of aryl methyl sites for hydroxylation is 1. The second-order valence-electron chi connectivity index (χ2n) is 4.33. The van der Waals surface area contributed by atoms with Gasteiger partial charge >= 0.3 is 6.36 Å². The van der Waals surface area contributed by atoms with Gasteiger partial charge in [-0.2, -0.15) is 5.26 Å². The Morgan fingerprint density at radius 1 is 1.32 bits per heavy atom. The molecule has 0 saturated carbocycles. The lowest BCUT2D eigenvalue weighted by Crippen LogP contribution is -2.32. The first-order valence-corrected chi connectivity index (χ1v) is 6.25. The summed E-state index contributed by atoms with van der Waals surface area (Å²) in [5.41, 5.74) is 0.594. The summed E-state index contributed by atoms with van der Waals surface area (Å²) in [5, 5.41) is 11.0. The van der Waals surface area contributed by atoms with Gasteiger partial charge in [0.2, 0.25) is 5.91 Å². The lowest BCUT2D eigenvalue weighted by molar-refractivity contribution is -0.274. The average Bonchev–Trinajstić information content (AvgIpc) is 2.45. The van der Waals surface area contributed by atoms with Crippen LogP contribution in [-0.4, -0.2) is 25.1 Å². The predicted octanol–water partition coefficient (Wildman–Crippen LogP) is 1.97. The molecule has 0 spiro atoms. The van der Waals surface area contributed by atoms with Gasteiger partial charge in [-0.3, -0.25) is 9.59 Å². The SMILES string of the molecule is CNC(=O)C(C#N)C(=O)CCc1ccc(OC(F)(F)F)cc1. The highest BCUT2D eigenvalue weighted by Crippen LogP contribution is 2.23. The number of hydrogen-bond acceptors (Lipinski definition) is 4. The molecule has 0 heterocycles. The number of carbonyl (C=O) groups is 2. The summed E-state index contributed by atoms with van der Waals surface area (Å²) in [6.45, 7) is 0. The third kappa shape index (κ3) is 5.44. The Morgan fingerprint density at radius 3 is 2.36 bits per heavy atom. The molecule has 1 amide bonds. The minimum Gasteiger partial charge on any atom is -0.406 e. The first-order chi connectivity index (χ1) is 10.3. The Hall–Kier alpha value is -2.56. The normalized spacial score (nSPS) is 12.1. The molecular formula is C14H13F3N2O3. The third-order valence-corrected chi connectivity index (χ3v) is 2.78. The molecule has 5 nitrogen and oxygen atoms in total. The van der Waals surface area contributed by atoms with E-state index in [2.05, 4.69) is 10.1 Å². The maximum absolute atomic E-state index is 12.0. The number of alkyl halides is 3. The number of amides is 1. The van der Waals surface area contributed by atoms with Crippen LogP contribution in [0.1, 0.15) is 12.0 Å². The zero-order valence-corrected chi connectivity index (χ0v) is 11.6. The van der Waals surface area contributed by atoms with Crippen molar-refractivity contribution in [2.75, 3.05) is 7.05 Å². The molecule has 118 valence electrons. The highest BCUT2D eigenvalue weighted by molar-refractivity contribution is 6.03. The second-order valence-corrected chi connectivity index (χ2v) is 4.33. The van der Waals surface area contributed by atoms with Crippen LogP contribution in [0.15, 0.2) is 24.3 Å². The van der Waals surface area contributed by atoms with Gasteiger partial charge in [-0.05, 0) is 24.1 Å². The van der Waals surface area contributed by atoms with Crippen LogP contribution in [-0.2, 0) is 16.0 Å². The Bertz CT molecular complexity index is 576. The largest absolute Gasteiger partial charge is 0.573 e. The first-order valence-electron chi connectivity index (χ1n) is 6.25. The van der Waals surface area contributed by atoms with Crippen molar-refractivity contribution in [3.63, 3.8) is 0 Å². The Balaban J connectivity index is 2.60. The van der Waals surface area contributed by atoms with Crippen LogP contribution in [0, 0.1) is 17.2 Å². The van der Waals surface area contributed by atoms with Crippen molar-refractivity contribution < 1.29 is 27.5 Å². The molecular weight excluding hydrogens is 301 g/mol. The fourth-order valence-corrected chi connectivity index (χ4v) is 1.69. The fourth-order valence-electron chi connectivity index (χ4n) is 1.69. The zero-order valence-electron chi connectivity index (χ0n) is 11.6. The number of ketones is 1. The third-order valence-electron chi connectivity index (χ3n) is 2.78. The number of halogens is 3. The minimum absolute atomic E-state index is 0.0644. The Labute approximate surface area is 124 Å². The van der Waals surface area contributed by atoms with Gasteiger partial charge in [0.15, 0.2) is 11.7 Å². The second kappa shape index (κ2) is 7.45. The van der Waals surface area contributed by atoms with E-state index in [0.29, 0.717) is 5.56 Å². The molecule has 0 aliphatic carbocycles. The van der Waals surface area contributed by atoms with Gasteiger partial charge in [-0.25, -0.2) is 0 Å². The molecule has 8 heteroatoms. The van der Waals surface area contributed by atoms with Crippen LogP contribution >= 0.6 is 0 Å². The maximum atomic E-state index is 12.0. The summed E-state index contributed by atoms with van der Waals surface area (Å²) in [5.74, 6) is -2.96. The summed E-state index contributed by atoms with van der Waals surface area (Å²) in [6, 6.07) is 6.65. The van der Waals surface area contributed by atoms with Gasteiger partial charge in [-0.15, -0.1) is 13.2 Å². The van der Waals surface area contributed by atoms with E-state index in [1.54, 1.807) is 6.07 Å². The number of benzene rings is 1. The molecule has 0 aliphatic heterocycles. The molecule has 0 radical (unpaired) electrons. The van der Waals surface area contributed by atoms with Crippen LogP contribution in [0.3, 0.4) is 0 Å². The number of rotatable bonds is 6. The summed E-state index contributed by atoms with van der Waals surface area (Å²) >= 11 is 0. The van der Waals surface area contributed by atoms with E-state index in [0.717, 1.165) is 12.1 Å². The highest BCUT2D eigenvalue weighted by atomic mass is 19.4. The topological polar surface area (TPSA) is 79.2 Å². The number of nitrogens with one attached hydrogen (secondary N) is 1. The molecule has 1 aromatic carbocycles. The highest BCUT2D eigenvalue weighted by Gasteiger charge is 2.31. The van der Waals surface area contributed by atoms with E-state index >= 15 is 0 Å². The molecule has 0 aliphatic rings. The average molecular weight is 314 g/mol. The van der Waals surface area contributed by atoms with E-state index in [1.165, 1.54) is 19.2 Å². The van der Waals surface area contributed by atoms with Crippen LogP contribution in [0.2, 0.25) is 0 Å². The van der Waals surface area contributed by atoms with Crippen LogP contribution in [0.4, 0.5) is 13.2 Å². The van der Waals surface area contributed by atoms with Gasteiger partial charge in [0.1, 0.15) is 5.75 Å². The predicted molar refractivity (Wildman–Crippen MR) is 69.6 cm³/mol. The van der Waals surface area contributed by atoms with Gasteiger partial charge in [0, 0.05) is 13.5 Å². The van der Waals surface area contributed by atoms with E-state index < -0.39 is 24.0 Å². The summed E-state index contributed by atoms with van der Waals surface area (Å²) in [7, 11) is 1.32. The smallest absolute Gasteiger partial charge is 0.406 e. The van der Waals surface area contributed by atoms with Crippen molar-refractivity contribution in [1.29, 1.82) is 5.26 Å². The molecule has 1 unspecified atom stereocenters. The van der Waals surface area contributed by atoms with Crippen molar-refractivity contribution in [3.05, 3.63) is 29.8 Å². The van der Waals surface area contributed by atoms with E-state index in [-0.39, 0.29) is 18.6 Å². The van der Waals surface area contributed by atoms with E-state index in [1.807, 2.05) is 0 Å². The van der Waals surface area contributed by atoms with Gasteiger partial charge in [0.05, 0.1) is 6.07 Å². The van der Waals surface area contributed by atoms with Gasteiger partial charge in [-0.1, -0.05) is 12.1 Å². The van der Waals surface area contributed by atoms with Crippen LogP contribution in [0.5, 0.6) is 5.75 Å². The molecule has 22 heavy (non-hydrogen) atoms. The number of nitriles is 1. The Morgan fingerprint density at radius 2 is 1.91 bits per heavy atom. The van der Waals surface area contributed by atoms with Crippen molar-refractivity contribution in [3.8, 4) is 11.8 Å². The number of nitrogens with zero attached hydrogens (tertiary/aromatic N) is 1. The monoisotopic (exact) mass is 314 g/mol. The van der Waals surface area contributed by atoms with Crippen molar-refractivity contribution in [1.82, 2.24) is 5.32 Å². The number of Topliss-reactive ketones (excluding diaryl/α,β-unsaturated/α-hetero) is 1. The molecule has 1 rings (SSSR count). The maximum Gasteiger partial charge on any atom is 0.573 e. The quantitative estimate of drug-likeness (QED) is 0.814. The van der Waals surface area contributed by atoms with Crippen molar-refractivity contribution in [2.45, 2.75) is 19.2 Å². The van der Waals surface area contributed by atoms with Crippen LogP contribution < -0.4 is 10.1 Å². The summed E-state index contributed by atoms with van der Waals surface area (Å²) < 4.78 is 39.7. The molecule has 1 atom stereocenters. The van der Waals surface area contributed by atoms with E-state index in [9.17, 15) is 22.8 Å². The molecule has 0 aromatic heterocycles. The lowest BCUT2D eigenvalue weighted by Gasteiger charge is -2.09. The number of carbonyl (C=O) groups excluding carboxylic acids is 2. The van der Waals surface area contributed by atoms with Crippen molar-refractivity contribution in [2.24, 2.45) is 5.92 Å². The summed E-state index contributed by atoms with van der Waals surface area (Å²) in [6.07, 6.45) is -4.61. The molecule has 0 bridgehead atoms. The molecule has 0 saturated heterocycles. The van der Waals surface area contributed by atoms with Crippen molar-refractivity contribution >= 4 is 11.7 Å². The molecule has 0 fully saturated rings. The zero-order chi connectivity index (χ0) is 16.8. The first kappa shape index (κ1) is 17.5. The summed E-state index contributed by atoms with van der Waals surface area (Å²) in [4.78, 5) is 23.0. The van der Waals surface area contributed by atoms with Gasteiger partial charge < -0.3 is 10.1 Å². The Kier molecular flexibility index (Phi) is 5.92. The van der Waals surface area contributed by atoms with Gasteiger partial charge in [0.25, 0.3) is 0 Å². The minimum atomic E-state index is -4.76. The van der Waals surface area contributed by atoms with E-state index in [4.69, 9.17) is 5.26 Å². The van der Waals surface area contributed by atoms with Crippen LogP contribution in [0.25, 0.3) is 0 Å². The fraction of sp³-hybridized carbons (Fsp3) is 0.357. The number of hydrogen-bond donors (Lipinski definition) is 1.